The standard InChI is InChI=1S/C17H30N2O/c1-14(2)11-18-12-17(3,4)13-20-16-9-7-8-15(10-16)19(5)6/h7-10,14,18H,11-13H2,1-6H3. The van der Waals surface area contributed by atoms with Crippen molar-refractivity contribution >= 4 is 5.69 Å². The van der Waals surface area contributed by atoms with Gasteiger partial charge in [0.15, 0.2) is 0 Å². The number of benzene rings is 1. The van der Waals surface area contributed by atoms with E-state index in [4.69, 9.17) is 4.74 Å². The normalized spacial score (nSPS) is 11.8. The molecule has 0 saturated heterocycles. The maximum Gasteiger partial charge on any atom is 0.121 e. The van der Waals surface area contributed by atoms with E-state index in [-0.39, 0.29) is 5.41 Å². The molecule has 3 nitrogen and oxygen atoms in total. The first kappa shape index (κ1) is 16.8. The number of nitrogens with zero attached hydrogens (tertiary/aromatic N) is 1. The van der Waals surface area contributed by atoms with Crippen LogP contribution in [0.2, 0.25) is 0 Å². The van der Waals surface area contributed by atoms with Crippen LogP contribution in [0.5, 0.6) is 5.75 Å². The smallest absolute Gasteiger partial charge is 0.121 e. The van der Waals surface area contributed by atoms with E-state index in [9.17, 15) is 0 Å². The first-order chi connectivity index (χ1) is 9.30. The molecule has 114 valence electrons. The second-order valence-corrected chi connectivity index (χ2v) is 6.87. The van der Waals surface area contributed by atoms with Crippen LogP contribution in [0.25, 0.3) is 0 Å². The van der Waals surface area contributed by atoms with E-state index in [2.05, 4.69) is 50.0 Å². The van der Waals surface area contributed by atoms with Crippen LogP contribution < -0.4 is 15.0 Å². The van der Waals surface area contributed by atoms with Gasteiger partial charge in [-0.2, -0.15) is 0 Å². The number of anilines is 1. The molecule has 0 bridgehead atoms. The molecule has 0 radical (unpaired) electrons. The Hall–Kier alpha value is -1.22. The lowest BCUT2D eigenvalue weighted by Gasteiger charge is -2.26. The lowest BCUT2D eigenvalue weighted by Crippen LogP contribution is -2.35. The van der Waals surface area contributed by atoms with Gasteiger partial charge in [-0.25, -0.2) is 0 Å². The zero-order chi connectivity index (χ0) is 15.2. The molecule has 1 rings (SSSR count). The van der Waals surface area contributed by atoms with Gasteiger partial charge in [-0.15, -0.1) is 0 Å². The summed E-state index contributed by atoms with van der Waals surface area (Å²) in [6, 6.07) is 8.22. The first-order valence-electron chi connectivity index (χ1n) is 7.41. The molecule has 0 spiro atoms. The van der Waals surface area contributed by atoms with Gasteiger partial charge in [0.05, 0.1) is 6.61 Å². The molecule has 0 aliphatic carbocycles. The molecule has 0 saturated carbocycles. The second kappa shape index (κ2) is 7.53. The summed E-state index contributed by atoms with van der Waals surface area (Å²) in [6.07, 6.45) is 0. The molecule has 1 aromatic carbocycles. The number of nitrogens with one attached hydrogen (secondary N) is 1. The third-order valence-electron chi connectivity index (χ3n) is 3.12. The Bertz CT molecular complexity index is 400. The largest absolute Gasteiger partial charge is 0.493 e. The molecule has 3 heteroatoms. The first-order valence-corrected chi connectivity index (χ1v) is 7.41. The Labute approximate surface area is 124 Å². The van der Waals surface area contributed by atoms with Crippen molar-refractivity contribution in [1.29, 1.82) is 0 Å². The Morgan fingerprint density at radius 1 is 1.25 bits per heavy atom. The molecule has 0 aliphatic rings. The van der Waals surface area contributed by atoms with Gasteiger partial charge in [0.25, 0.3) is 0 Å². The molecule has 0 unspecified atom stereocenters. The second-order valence-electron chi connectivity index (χ2n) is 6.87. The predicted molar refractivity (Wildman–Crippen MR) is 87.8 cm³/mol. The minimum Gasteiger partial charge on any atom is -0.493 e. The maximum atomic E-state index is 5.95. The van der Waals surface area contributed by atoms with Crippen LogP contribution in [-0.2, 0) is 0 Å². The molecule has 0 aliphatic heterocycles. The van der Waals surface area contributed by atoms with Crippen LogP contribution in [0, 0.1) is 11.3 Å². The number of hydrogen-bond acceptors (Lipinski definition) is 3. The summed E-state index contributed by atoms with van der Waals surface area (Å²) in [7, 11) is 4.08. The summed E-state index contributed by atoms with van der Waals surface area (Å²) in [4.78, 5) is 2.09. The quantitative estimate of drug-likeness (QED) is 0.788. The topological polar surface area (TPSA) is 24.5 Å². The molecule has 0 fully saturated rings. The van der Waals surface area contributed by atoms with Crippen molar-refractivity contribution in [2.75, 3.05) is 38.7 Å². The van der Waals surface area contributed by atoms with Crippen molar-refractivity contribution in [1.82, 2.24) is 5.32 Å². The third-order valence-corrected chi connectivity index (χ3v) is 3.12. The molecule has 0 amide bonds. The molecule has 20 heavy (non-hydrogen) atoms. The number of rotatable bonds is 8. The van der Waals surface area contributed by atoms with Crippen molar-refractivity contribution in [3.05, 3.63) is 24.3 Å². The summed E-state index contributed by atoms with van der Waals surface area (Å²) < 4.78 is 5.95. The van der Waals surface area contributed by atoms with Gasteiger partial charge >= 0.3 is 0 Å². The number of ether oxygens (including phenoxy) is 1. The Morgan fingerprint density at radius 3 is 2.55 bits per heavy atom. The summed E-state index contributed by atoms with van der Waals surface area (Å²) >= 11 is 0. The van der Waals surface area contributed by atoms with Crippen molar-refractivity contribution < 1.29 is 4.74 Å². The Morgan fingerprint density at radius 2 is 1.95 bits per heavy atom. The minimum atomic E-state index is 0.128. The molecule has 0 atom stereocenters. The number of hydrogen-bond donors (Lipinski definition) is 1. The van der Waals surface area contributed by atoms with Crippen LogP contribution in [0.15, 0.2) is 24.3 Å². The van der Waals surface area contributed by atoms with Gasteiger partial charge in [-0.1, -0.05) is 33.8 Å². The van der Waals surface area contributed by atoms with E-state index in [0.717, 1.165) is 25.4 Å². The predicted octanol–water partition coefficient (Wildman–Crippen LogP) is 3.40. The minimum absolute atomic E-state index is 0.128. The zero-order valence-corrected chi connectivity index (χ0v) is 13.9. The van der Waals surface area contributed by atoms with Crippen molar-refractivity contribution in [3.63, 3.8) is 0 Å². The van der Waals surface area contributed by atoms with E-state index < -0.39 is 0 Å². The summed E-state index contributed by atoms with van der Waals surface area (Å²) in [5, 5.41) is 3.50. The van der Waals surface area contributed by atoms with Crippen LogP contribution >= 0.6 is 0 Å². The van der Waals surface area contributed by atoms with E-state index >= 15 is 0 Å². The summed E-state index contributed by atoms with van der Waals surface area (Å²) in [6.45, 7) is 11.7. The highest BCUT2D eigenvalue weighted by atomic mass is 16.5. The van der Waals surface area contributed by atoms with Gasteiger partial charge in [0, 0.05) is 37.8 Å². The molecule has 0 heterocycles. The van der Waals surface area contributed by atoms with Gasteiger partial charge < -0.3 is 15.0 Å². The summed E-state index contributed by atoms with van der Waals surface area (Å²) in [5.41, 5.74) is 1.29. The average Bonchev–Trinajstić information content (AvgIpc) is 2.36. The van der Waals surface area contributed by atoms with E-state index in [0.29, 0.717) is 5.92 Å². The van der Waals surface area contributed by atoms with Gasteiger partial charge in [0.2, 0.25) is 0 Å². The van der Waals surface area contributed by atoms with Gasteiger partial charge in [0.1, 0.15) is 5.75 Å². The van der Waals surface area contributed by atoms with Crippen LogP contribution in [0.1, 0.15) is 27.7 Å². The van der Waals surface area contributed by atoms with Gasteiger partial charge in [-0.3, -0.25) is 0 Å². The van der Waals surface area contributed by atoms with Crippen LogP contribution in [-0.4, -0.2) is 33.8 Å². The van der Waals surface area contributed by atoms with Crippen molar-refractivity contribution in [3.8, 4) is 5.75 Å². The molecule has 0 aromatic heterocycles. The van der Waals surface area contributed by atoms with Gasteiger partial charge in [-0.05, 0) is 24.6 Å². The molecule has 1 aromatic rings. The van der Waals surface area contributed by atoms with E-state index in [1.54, 1.807) is 0 Å². The molecular weight excluding hydrogens is 248 g/mol. The molecule has 1 N–H and O–H groups in total. The lowest BCUT2D eigenvalue weighted by molar-refractivity contribution is 0.175. The highest BCUT2D eigenvalue weighted by Gasteiger charge is 2.18. The van der Waals surface area contributed by atoms with Crippen molar-refractivity contribution in [2.24, 2.45) is 11.3 Å². The van der Waals surface area contributed by atoms with E-state index in [1.165, 1.54) is 5.69 Å². The fourth-order valence-corrected chi connectivity index (χ4v) is 1.88. The Balaban J connectivity index is 2.46. The van der Waals surface area contributed by atoms with Crippen LogP contribution in [0.4, 0.5) is 5.69 Å². The summed E-state index contributed by atoms with van der Waals surface area (Å²) in [5.74, 6) is 1.62. The zero-order valence-electron chi connectivity index (χ0n) is 13.9. The maximum absolute atomic E-state index is 5.95. The fraction of sp³-hybridized carbons (Fsp3) is 0.647. The van der Waals surface area contributed by atoms with Crippen LogP contribution in [0.3, 0.4) is 0 Å². The highest BCUT2D eigenvalue weighted by Crippen LogP contribution is 2.22. The van der Waals surface area contributed by atoms with E-state index in [1.807, 2.05) is 26.2 Å². The van der Waals surface area contributed by atoms with Crippen molar-refractivity contribution in [2.45, 2.75) is 27.7 Å². The highest BCUT2D eigenvalue weighted by molar-refractivity contribution is 5.49. The lowest BCUT2D eigenvalue weighted by atomic mass is 9.94. The average molecular weight is 278 g/mol. The third kappa shape index (κ3) is 6.29. The fourth-order valence-electron chi connectivity index (χ4n) is 1.88. The molecular formula is C17H30N2O. The monoisotopic (exact) mass is 278 g/mol. The SMILES string of the molecule is CC(C)CNCC(C)(C)COc1cccc(N(C)C)c1. The Kier molecular flexibility index (Phi) is 6.34.